The molecule has 0 saturated carbocycles. The summed E-state index contributed by atoms with van der Waals surface area (Å²) in [6.45, 7) is 0. The molecule has 4 rings (SSSR count). The first-order chi connectivity index (χ1) is 12.0. The topological polar surface area (TPSA) is 123 Å². The van der Waals surface area contributed by atoms with E-state index in [1.807, 2.05) is 0 Å². The average Bonchev–Trinajstić information content (AvgIpc) is 3.23. The Morgan fingerprint density at radius 1 is 1.08 bits per heavy atom. The molecule has 2 N–H and O–H groups in total. The van der Waals surface area contributed by atoms with E-state index in [4.69, 9.17) is 35.0 Å². The third kappa shape index (κ3) is 2.84. The van der Waals surface area contributed by atoms with Crippen LogP contribution < -0.4 is 11.3 Å². The SMILES string of the molecule is O=c1oc2ccc(Cl)cc2cc1-c1nc(-c2ccc(B(O)O)o2)no1. The Balaban J connectivity index is 1.77. The lowest BCUT2D eigenvalue weighted by atomic mass is 9.88. The van der Waals surface area contributed by atoms with Gasteiger partial charge in [-0.15, -0.1) is 0 Å². The molecular formula is C15H8BClN2O6. The number of rotatable bonds is 3. The maximum atomic E-state index is 12.1. The third-order valence-electron chi connectivity index (χ3n) is 3.45. The Bertz CT molecular complexity index is 1130. The van der Waals surface area contributed by atoms with Crippen molar-refractivity contribution in [2.24, 2.45) is 0 Å². The van der Waals surface area contributed by atoms with Crippen LogP contribution in [0.1, 0.15) is 0 Å². The van der Waals surface area contributed by atoms with Crippen LogP contribution in [0.2, 0.25) is 5.02 Å². The van der Waals surface area contributed by atoms with Crippen LogP contribution in [0, 0.1) is 0 Å². The van der Waals surface area contributed by atoms with Crippen molar-refractivity contribution < 1.29 is 23.4 Å². The van der Waals surface area contributed by atoms with Gasteiger partial charge in [0.1, 0.15) is 16.8 Å². The summed E-state index contributed by atoms with van der Waals surface area (Å²) < 4.78 is 15.5. The molecule has 10 heteroatoms. The molecule has 3 aromatic heterocycles. The number of benzene rings is 1. The van der Waals surface area contributed by atoms with Gasteiger partial charge < -0.3 is 23.4 Å². The third-order valence-corrected chi connectivity index (χ3v) is 3.69. The van der Waals surface area contributed by atoms with Crippen molar-refractivity contribution in [2.45, 2.75) is 0 Å². The van der Waals surface area contributed by atoms with Crippen molar-refractivity contribution in [2.75, 3.05) is 0 Å². The maximum Gasteiger partial charge on any atom is 0.526 e. The molecule has 3 heterocycles. The zero-order valence-corrected chi connectivity index (χ0v) is 13.1. The van der Waals surface area contributed by atoms with Crippen molar-refractivity contribution in [1.29, 1.82) is 0 Å². The van der Waals surface area contributed by atoms with Crippen molar-refractivity contribution in [1.82, 2.24) is 10.1 Å². The molecule has 1 aromatic carbocycles. The second-order valence-electron chi connectivity index (χ2n) is 5.13. The van der Waals surface area contributed by atoms with Crippen molar-refractivity contribution in [3.8, 4) is 23.0 Å². The highest BCUT2D eigenvalue weighted by Gasteiger charge is 2.21. The predicted molar refractivity (Wildman–Crippen MR) is 88.3 cm³/mol. The molecular weight excluding hydrogens is 350 g/mol. The minimum atomic E-state index is -1.75. The monoisotopic (exact) mass is 358 g/mol. The highest BCUT2D eigenvalue weighted by molar-refractivity contribution is 6.57. The van der Waals surface area contributed by atoms with Crippen LogP contribution in [0.5, 0.6) is 0 Å². The van der Waals surface area contributed by atoms with Crippen molar-refractivity contribution >= 4 is 35.3 Å². The number of aromatic nitrogens is 2. The van der Waals surface area contributed by atoms with Crippen LogP contribution in [-0.4, -0.2) is 27.3 Å². The van der Waals surface area contributed by atoms with Gasteiger partial charge in [0.25, 0.3) is 5.89 Å². The summed E-state index contributed by atoms with van der Waals surface area (Å²) in [4.78, 5) is 16.2. The summed E-state index contributed by atoms with van der Waals surface area (Å²) in [5.74, 6) is 0.145. The average molecular weight is 359 g/mol. The standard InChI is InChI=1S/C15H8BClN2O6/c17-8-1-2-10-7(5-8)6-9(15(20)24-10)14-18-13(19-25-14)11-3-4-12(23-11)16(21)22/h1-6,21-22H. The normalized spacial score (nSPS) is 11.2. The van der Waals surface area contributed by atoms with Gasteiger partial charge >= 0.3 is 12.7 Å². The molecule has 4 aromatic rings. The lowest BCUT2D eigenvalue weighted by molar-refractivity contribution is 0.408. The summed E-state index contributed by atoms with van der Waals surface area (Å²) in [5.41, 5.74) is -0.259. The van der Waals surface area contributed by atoms with E-state index >= 15 is 0 Å². The van der Waals surface area contributed by atoms with Crippen LogP contribution in [-0.2, 0) is 0 Å². The van der Waals surface area contributed by atoms with Crippen LogP contribution in [0.25, 0.3) is 34.0 Å². The molecule has 0 bridgehead atoms. The Hall–Kier alpha value is -2.88. The largest absolute Gasteiger partial charge is 0.526 e. The fraction of sp³-hybridized carbons (Fsp3) is 0. The molecule has 0 aliphatic rings. The number of halogens is 1. The van der Waals surface area contributed by atoms with E-state index in [-0.39, 0.29) is 28.7 Å². The molecule has 0 spiro atoms. The summed E-state index contributed by atoms with van der Waals surface area (Å²) in [6, 6.07) is 9.19. The van der Waals surface area contributed by atoms with Gasteiger partial charge in [0.2, 0.25) is 5.82 Å². The van der Waals surface area contributed by atoms with E-state index in [9.17, 15) is 4.79 Å². The predicted octanol–water partition coefficient (Wildman–Crippen LogP) is 1.44. The number of hydrogen-bond acceptors (Lipinski definition) is 8. The number of hydrogen-bond donors (Lipinski definition) is 2. The Labute approximate surface area is 144 Å². The van der Waals surface area contributed by atoms with E-state index in [1.54, 1.807) is 18.2 Å². The number of fused-ring (bicyclic) bond motifs is 1. The van der Waals surface area contributed by atoms with Gasteiger partial charge in [-0.05, 0) is 36.4 Å². The van der Waals surface area contributed by atoms with Crippen molar-refractivity contribution in [3.63, 3.8) is 0 Å². The Morgan fingerprint density at radius 2 is 1.92 bits per heavy atom. The summed E-state index contributed by atoms with van der Waals surface area (Å²) >= 11 is 5.94. The second kappa shape index (κ2) is 5.89. The van der Waals surface area contributed by atoms with Crippen LogP contribution in [0.15, 0.2) is 54.6 Å². The first-order valence-electron chi connectivity index (χ1n) is 7.05. The zero-order chi connectivity index (χ0) is 17.6. The van der Waals surface area contributed by atoms with E-state index in [0.717, 1.165) is 0 Å². The van der Waals surface area contributed by atoms with Crippen LogP contribution in [0.4, 0.5) is 0 Å². The molecule has 0 unspecified atom stereocenters. The number of furan rings is 1. The first kappa shape index (κ1) is 15.6. The summed E-state index contributed by atoms with van der Waals surface area (Å²) in [6.07, 6.45) is 0. The van der Waals surface area contributed by atoms with Gasteiger partial charge in [-0.25, -0.2) is 4.79 Å². The van der Waals surface area contributed by atoms with Gasteiger partial charge in [0.15, 0.2) is 5.76 Å². The fourth-order valence-electron chi connectivity index (χ4n) is 2.29. The molecule has 124 valence electrons. The molecule has 8 nitrogen and oxygen atoms in total. The van der Waals surface area contributed by atoms with E-state index < -0.39 is 12.7 Å². The molecule has 0 fully saturated rings. The summed E-state index contributed by atoms with van der Waals surface area (Å²) in [7, 11) is -1.75. The Kier molecular flexibility index (Phi) is 3.68. The Morgan fingerprint density at radius 3 is 2.68 bits per heavy atom. The smallest absolute Gasteiger partial charge is 0.461 e. The molecule has 0 saturated heterocycles. The lowest BCUT2D eigenvalue weighted by Gasteiger charge is -1.98. The van der Waals surface area contributed by atoms with Gasteiger partial charge in [-0.3, -0.25) is 0 Å². The summed E-state index contributed by atoms with van der Waals surface area (Å²) in [5, 5.41) is 22.9. The lowest BCUT2D eigenvalue weighted by Crippen LogP contribution is -2.27. The van der Waals surface area contributed by atoms with E-state index in [2.05, 4.69) is 10.1 Å². The van der Waals surface area contributed by atoms with Crippen molar-refractivity contribution in [3.05, 3.63) is 51.8 Å². The maximum absolute atomic E-state index is 12.1. The first-order valence-corrected chi connectivity index (χ1v) is 7.43. The van der Waals surface area contributed by atoms with Gasteiger partial charge in [-0.2, -0.15) is 4.98 Å². The number of nitrogens with zero attached hydrogens (tertiary/aromatic N) is 2. The molecule has 0 amide bonds. The van der Waals surface area contributed by atoms with E-state index in [0.29, 0.717) is 16.0 Å². The van der Waals surface area contributed by atoms with E-state index in [1.165, 1.54) is 18.2 Å². The highest BCUT2D eigenvalue weighted by atomic mass is 35.5. The van der Waals surface area contributed by atoms with Crippen LogP contribution in [0.3, 0.4) is 0 Å². The molecule has 25 heavy (non-hydrogen) atoms. The highest BCUT2D eigenvalue weighted by Crippen LogP contribution is 2.24. The van der Waals surface area contributed by atoms with Gasteiger partial charge in [0, 0.05) is 10.4 Å². The van der Waals surface area contributed by atoms with Gasteiger partial charge in [-0.1, -0.05) is 16.8 Å². The quantitative estimate of drug-likeness (QED) is 0.416. The molecule has 0 atom stereocenters. The zero-order valence-electron chi connectivity index (χ0n) is 12.3. The minimum Gasteiger partial charge on any atom is -0.461 e. The minimum absolute atomic E-state index is 0.0486. The second-order valence-corrected chi connectivity index (χ2v) is 5.56. The molecule has 0 radical (unpaired) electrons. The molecule has 0 aliphatic carbocycles. The molecule has 0 aliphatic heterocycles. The van der Waals surface area contributed by atoms with Crippen LogP contribution >= 0.6 is 11.6 Å². The van der Waals surface area contributed by atoms with Gasteiger partial charge in [0.05, 0.1) is 0 Å². The fourth-order valence-corrected chi connectivity index (χ4v) is 2.47.